The minimum absolute atomic E-state index is 0.207. The Morgan fingerprint density at radius 1 is 1.05 bits per heavy atom. The van der Waals surface area contributed by atoms with E-state index in [1.807, 2.05) is 36.4 Å². The number of aryl methyl sites for hydroxylation is 1. The van der Waals surface area contributed by atoms with Gasteiger partial charge in [-0.05, 0) is 41.8 Å². The average Bonchev–Trinajstić information content (AvgIpc) is 2.58. The Balaban J connectivity index is 1.60. The van der Waals surface area contributed by atoms with Crippen LogP contribution in [0, 0.1) is 0 Å². The monoisotopic (exact) mass is 299 g/mol. The van der Waals surface area contributed by atoms with Gasteiger partial charge in [0.25, 0.3) is 0 Å². The molecular formula is C17H21N3O2. The fraction of sp³-hybridized carbons (Fsp3) is 0.294. The van der Waals surface area contributed by atoms with Crippen LogP contribution >= 0.6 is 0 Å². The van der Waals surface area contributed by atoms with E-state index in [-0.39, 0.29) is 6.03 Å². The second-order valence-electron chi connectivity index (χ2n) is 4.81. The van der Waals surface area contributed by atoms with Gasteiger partial charge < -0.3 is 15.4 Å². The molecule has 0 aliphatic carbocycles. The molecule has 0 saturated carbocycles. The van der Waals surface area contributed by atoms with Crippen molar-refractivity contribution in [2.75, 3.05) is 13.2 Å². The summed E-state index contributed by atoms with van der Waals surface area (Å²) in [5, 5.41) is 5.53. The number of aromatic nitrogens is 1. The van der Waals surface area contributed by atoms with Gasteiger partial charge in [-0.3, -0.25) is 4.98 Å². The van der Waals surface area contributed by atoms with Gasteiger partial charge in [0.2, 0.25) is 0 Å². The van der Waals surface area contributed by atoms with Crippen molar-refractivity contribution in [2.45, 2.75) is 19.9 Å². The highest BCUT2D eigenvalue weighted by Gasteiger charge is 2.00. The van der Waals surface area contributed by atoms with Gasteiger partial charge in [0.15, 0.2) is 0 Å². The molecule has 0 aliphatic heterocycles. The summed E-state index contributed by atoms with van der Waals surface area (Å²) in [5.41, 5.74) is 2.29. The molecule has 0 unspecified atom stereocenters. The van der Waals surface area contributed by atoms with Crippen LogP contribution in [0.3, 0.4) is 0 Å². The van der Waals surface area contributed by atoms with E-state index in [0.29, 0.717) is 19.7 Å². The lowest BCUT2D eigenvalue weighted by molar-refractivity contribution is 0.236. The van der Waals surface area contributed by atoms with Crippen molar-refractivity contribution in [1.82, 2.24) is 15.6 Å². The third-order valence-electron chi connectivity index (χ3n) is 3.19. The summed E-state index contributed by atoms with van der Waals surface area (Å²) in [6, 6.07) is 11.5. The molecule has 0 fully saturated rings. The van der Waals surface area contributed by atoms with E-state index in [1.165, 1.54) is 5.56 Å². The van der Waals surface area contributed by atoms with Crippen LogP contribution in [0.1, 0.15) is 18.1 Å². The summed E-state index contributed by atoms with van der Waals surface area (Å²) in [6.45, 7) is 3.49. The largest absolute Gasteiger partial charge is 0.492 e. The van der Waals surface area contributed by atoms with Crippen LogP contribution in [0.15, 0.2) is 48.8 Å². The lowest BCUT2D eigenvalue weighted by Gasteiger charge is -2.09. The fourth-order valence-corrected chi connectivity index (χ4v) is 1.90. The Labute approximate surface area is 130 Å². The summed E-state index contributed by atoms with van der Waals surface area (Å²) in [7, 11) is 0. The van der Waals surface area contributed by atoms with Crippen LogP contribution in [-0.4, -0.2) is 24.2 Å². The quantitative estimate of drug-likeness (QED) is 0.772. The number of nitrogens with one attached hydrogen (secondary N) is 2. The summed E-state index contributed by atoms with van der Waals surface area (Å²) >= 11 is 0. The zero-order valence-electron chi connectivity index (χ0n) is 12.7. The zero-order valence-corrected chi connectivity index (χ0v) is 12.7. The van der Waals surface area contributed by atoms with Crippen LogP contribution in [0.2, 0.25) is 0 Å². The van der Waals surface area contributed by atoms with Crippen LogP contribution < -0.4 is 15.4 Å². The summed E-state index contributed by atoms with van der Waals surface area (Å²) in [5.74, 6) is 0.816. The Kier molecular flexibility index (Phi) is 6.23. The van der Waals surface area contributed by atoms with Crippen molar-refractivity contribution in [3.05, 3.63) is 59.9 Å². The molecule has 0 saturated heterocycles. The van der Waals surface area contributed by atoms with Gasteiger partial charge in [0, 0.05) is 18.9 Å². The first kappa shape index (κ1) is 15.8. The highest BCUT2D eigenvalue weighted by Crippen LogP contribution is 2.11. The minimum atomic E-state index is -0.207. The molecule has 0 bridgehead atoms. The first-order valence-electron chi connectivity index (χ1n) is 7.40. The van der Waals surface area contributed by atoms with Gasteiger partial charge in [-0.15, -0.1) is 0 Å². The van der Waals surface area contributed by atoms with E-state index in [0.717, 1.165) is 17.7 Å². The molecule has 0 spiro atoms. The van der Waals surface area contributed by atoms with Crippen molar-refractivity contribution in [1.29, 1.82) is 0 Å². The number of hydrogen-bond donors (Lipinski definition) is 2. The highest BCUT2D eigenvalue weighted by atomic mass is 16.5. The van der Waals surface area contributed by atoms with Crippen molar-refractivity contribution in [3.63, 3.8) is 0 Å². The Hall–Kier alpha value is -2.56. The maximum absolute atomic E-state index is 11.6. The maximum atomic E-state index is 11.6. The molecule has 0 radical (unpaired) electrons. The molecule has 0 aliphatic rings. The summed E-state index contributed by atoms with van der Waals surface area (Å²) in [6.07, 6.45) is 4.42. The van der Waals surface area contributed by atoms with Crippen LogP contribution in [0.4, 0.5) is 4.79 Å². The fourth-order valence-electron chi connectivity index (χ4n) is 1.90. The molecule has 1 heterocycles. The van der Waals surface area contributed by atoms with Crippen molar-refractivity contribution in [2.24, 2.45) is 0 Å². The Morgan fingerprint density at radius 2 is 1.77 bits per heavy atom. The lowest BCUT2D eigenvalue weighted by Crippen LogP contribution is -2.37. The Morgan fingerprint density at radius 3 is 2.45 bits per heavy atom. The van der Waals surface area contributed by atoms with Crippen molar-refractivity contribution >= 4 is 6.03 Å². The van der Waals surface area contributed by atoms with Gasteiger partial charge >= 0.3 is 6.03 Å². The first-order chi connectivity index (χ1) is 10.8. The second-order valence-corrected chi connectivity index (χ2v) is 4.81. The zero-order chi connectivity index (χ0) is 15.6. The summed E-state index contributed by atoms with van der Waals surface area (Å²) < 4.78 is 5.57. The Bertz CT molecular complexity index is 570. The number of carbonyl (C=O) groups is 1. The normalized spacial score (nSPS) is 10.0. The van der Waals surface area contributed by atoms with Crippen LogP contribution in [-0.2, 0) is 13.0 Å². The number of ether oxygens (including phenoxy) is 1. The molecular weight excluding hydrogens is 278 g/mol. The van der Waals surface area contributed by atoms with Gasteiger partial charge in [0.05, 0.1) is 6.54 Å². The van der Waals surface area contributed by atoms with E-state index < -0.39 is 0 Å². The molecule has 5 heteroatoms. The topological polar surface area (TPSA) is 63.2 Å². The van der Waals surface area contributed by atoms with Crippen molar-refractivity contribution < 1.29 is 9.53 Å². The SMILES string of the molecule is CCc1ccc(OCCNC(=O)NCc2ccncc2)cc1. The van der Waals surface area contributed by atoms with E-state index >= 15 is 0 Å². The van der Waals surface area contributed by atoms with Gasteiger partial charge in [-0.2, -0.15) is 0 Å². The number of amides is 2. The molecule has 1 aromatic heterocycles. The molecule has 5 nitrogen and oxygen atoms in total. The number of pyridine rings is 1. The smallest absolute Gasteiger partial charge is 0.315 e. The third-order valence-corrected chi connectivity index (χ3v) is 3.19. The number of rotatable bonds is 7. The molecule has 0 atom stereocenters. The number of carbonyl (C=O) groups excluding carboxylic acids is 1. The maximum Gasteiger partial charge on any atom is 0.315 e. The number of urea groups is 1. The van der Waals surface area contributed by atoms with Crippen LogP contribution in [0.25, 0.3) is 0 Å². The highest BCUT2D eigenvalue weighted by molar-refractivity contribution is 5.73. The van der Waals surface area contributed by atoms with Gasteiger partial charge in [-0.1, -0.05) is 19.1 Å². The molecule has 2 aromatic rings. The van der Waals surface area contributed by atoms with Gasteiger partial charge in [-0.25, -0.2) is 4.79 Å². The predicted octanol–water partition coefficient (Wildman–Crippen LogP) is 2.52. The molecule has 2 rings (SSSR count). The van der Waals surface area contributed by atoms with E-state index in [9.17, 15) is 4.79 Å². The van der Waals surface area contributed by atoms with Crippen molar-refractivity contribution in [3.8, 4) is 5.75 Å². The van der Waals surface area contributed by atoms with E-state index in [2.05, 4.69) is 22.5 Å². The predicted molar refractivity (Wildman–Crippen MR) is 85.8 cm³/mol. The van der Waals surface area contributed by atoms with Gasteiger partial charge in [0.1, 0.15) is 12.4 Å². The molecule has 2 amide bonds. The number of hydrogen-bond acceptors (Lipinski definition) is 3. The third kappa shape index (κ3) is 5.44. The molecule has 1 aromatic carbocycles. The van der Waals surface area contributed by atoms with Crippen LogP contribution in [0.5, 0.6) is 5.75 Å². The average molecular weight is 299 g/mol. The van der Waals surface area contributed by atoms with E-state index in [1.54, 1.807) is 12.4 Å². The minimum Gasteiger partial charge on any atom is -0.492 e. The molecule has 22 heavy (non-hydrogen) atoms. The molecule has 2 N–H and O–H groups in total. The second kappa shape index (κ2) is 8.67. The lowest BCUT2D eigenvalue weighted by atomic mass is 10.2. The summed E-state index contributed by atoms with van der Waals surface area (Å²) in [4.78, 5) is 15.5. The molecule has 116 valence electrons. The number of nitrogens with zero attached hydrogens (tertiary/aromatic N) is 1. The first-order valence-corrected chi connectivity index (χ1v) is 7.40. The standard InChI is InChI=1S/C17H21N3O2/c1-2-14-3-5-16(6-4-14)22-12-11-19-17(21)20-13-15-7-9-18-10-8-15/h3-10H,2,11-13H2,1H3,(H2,19,20,21). The number of benzene rings is 1. The van der Waals surface area contributed by atoms with E-state index in [4.69, 9.17) is 4.74 Å².